The molecule has 0 atom stereocenters. The molecule has 0 aliphatic carbocycles. The molecule has 1 heterocycles. The zero-order valence-electron chi connectivity index (χ0n) is 11.8. The van der Waals surface area contributed by atoms with Gasteiger partial charge in [-0.05, 0) is 26.8 Å². The van der Waals surface area contributed by atoms with Gasteiger partial charge in [-0.3, -0.25) is 5.01 Å². The van der Waals surface area contributed by atoms with E-state index in [1.807, 2.05) is 0 Å². The molecule has 106 valence electrons. The van der Waals surface area contributed by atoms with Crippen LogP contribution in [0.25, 0.3) is 0 Å². The number of nitrogen functional groups attached to an aromatic ring is 1. The van der Waals surface area contributed by atoms with E-state index in [-0.39, 0.29) is 0 Å². The van der Waals surface area contributed by atoms with Crippen LogP contribution in [-0.2, 0) is 5.60 Å². The molecule has 0 aliphatic heterocycles. The molecular weight excluding hydrogens is 254 g/mol. The summed E-state index contributed by atoms with van der Waals surface area (Å²) in [6.45, 7) is 5.14. The molecule has 0 saturated carbocycles. The number of para-hydroxylation sites is 1. The van der Waals surface area contributed by atoms with Crippen molar-refractivity contribution in [1.82, 2.24) is 9.97 Å². The molecule has 0 fully saturated rings. The molecule has 5 N–H and O–H groups in total. The lowest BCUT2D eigenvalue weighted by Gasteiger charge is -2.25. The molecule has 6 heteroatoms. The number of hydrogen-bond acceptors (Lipinski definition) is 6. The summed E-state index contributed by atoms with van der Waals surface area (Å²) < 4.78 is 0. The van der Waals surface area contributed by atoms with Gasteiger partial charge in [-0.15, -0.1) is 0 Å². The third-order valence-corrected chi connectivity index (χ3v) is 3.01. The molecule has 0 aliphatic rings. The van der Waals surface area contributed by atoms with Gasteiger partial charge in [0.25, 0.3) is 0 Å². The van der Waals surface area contributed by atoms with Gasteiger partial charge in [0.15, 0.2) is 5.82 Å². The summed E-state index contributed by atoms with van der Waals surface area (Å²) in [6.07, 6.45) is 1.63. The molecule has 1 aromatic carbocycles. The zero-order chi connectivity index (χ0) is 14.9. The van der Waals surface area contributed by atoms with Gasteiger partial charge in [0.1, 0.15) is 5.82 Å². The number of rotatable bonds is 3. The normalized spacial score (nSPS) is 11.4. The molecule has 0 amide bonds. The Labute approximate surface area is 118 Å². The lowest BCUT2D eigenvalue weighted by Crippen LogP contribution is -2.28. The van der Waals surface area contributed by atoms with Gasteiger partial charge >= 0.3 is 0 Å². The Morgan fingerprint density at radius 3 is 2.55 bits per heavy atom. The maximum Gasteiger partial charge on any atom is 0.151 e. The van der Waals surface area contributed by atoms with Crippen LogP contribution in [0, 0.1) is 6.92 Å². The van der Waals surface area contributed by atoms with Gasteiger partial charge in [-0.2, -0.15) is 0 Å². The van der Waals surface area contributed by atoms with Crippen LogP contribution in [-0.4, -0.2) is 15.1 Å². The molecular formula is C14H19N5O. The Kier molecular flexibility index (Phi) is 3.61. The second-order valence-corrected chi connectivity index (χ2v) is 5.13. The van der Waals surface area contributed by atoms with Crippen LogP contribution in [0.15, 0.2) is 30.5 Å². The van der Waals surface area contributed by atoms with Gasteiger partial charge < -0.3 is 10.8 Å². The van der Waals surface area contributed by atoms with Crippen molar-refractivity contribution in [3.63, 3.8) is 0 Å². The lowest BCUT2D eigenvalue weighted by atomic mass is 9.96. The van der Waals surface area contributed by atoms with Crippen LogP contribution >= 0.6 is 0 Å². The topological polar surface area (TPSA) is 101 Å². The average molecular weight is 273 g/mol. The van der Waals surface area contributed by atoms with Crippen molar-refractivity contribution in [2.75, 3.05) is 10.7 Å². The molecule has 2 rings (SSSR count). The summed E-state index contributed by atoms with van der Waals surface area (Å²) >= 11 is 0. The van der Waals surface area contributed by atoms with Gasteiger partial charge in [-0.25, -0.2) is 15.8 Å². The maximum atomic E-state index is 10.1. The Morgan fingerprint density at radius 1 is 1.25 bits per heavy atom. The first-order chi connectivity index (χ1) is 9.30. The molecule has 20 heavy (non-hydrogen) atoms. The molecule has 0 unspecified atom stereocenters. The van der Waals surface area contributed by atoms with E-state index >= 15 is 0 Å². The van der Waals surface area contributed by atoms with Crippen molar-refractivity contribution in [3.05, 3.63) is 41.9 Å². The molecule has 0 saturated heterocycles. The van der Waals surface area contributed by atoms with E-state index in [1.165, 1.54) is 5.01 Å². The SMILES string of the molecule is Cc1nccc(N(N)c2cccc(C(C)(C)O)c2N)n1. The average Bonchev–Trinajstić information content (AvgIpc) is 2.37. The number of nitrogens with zero attached hydrogens (tertiary/aromatic N) is 3. The van der Waals surface area contributed by atoms with Crippen LogP contribution in [0.3, 0.4) is 0 Å². The highest BCUT2D eigenvalue weighted by molar-refractivity contribution is 5.75. The minimum absolute atomic E-state index is 0.429. The number of anilines is 3. The fourth-order valence-corrected chi connectivity index (χ4v) is 2.00. The minimum atomic E-state index is -1.04. The fourth-order valence-electron chi connectivity index (χ4n) is 2.00. The Morgan fingerprint density at radius 2 is 1.95 bits per heavy atom. The van der Waals surface area contributed by atoms with Crippen molar-refractivity contribution in [3.8, 4) is 0 Å². The van der Waals surface area contributed by atoms with Crippen molar-refractivity contribution >= 4 is 17.2 Å². The van der Waals surface area contributed by atoms with Crippen LogP contribution in [0.1, 0.15) is 25.2 Å². The van der Waals surface area contributed by atoms with Crippen LogP contribution in [0.5, 0.6) is 0 Å². The van der Waals surface area contributed by atoms with E-state index in [9.17, 15) is 5.11 Å². The first-order valence-electron chi connectivity index (χ1n) is 6.26. The highest BCUT2D eigenvalue weighted by atomic mass is 16.3. The van der Waals surface area contributed by atoms with Crippen LogP contribution in [0.4, 0.5) is 17.2 Å². The molecule has 0 bridgehead atoms. The van der Waals surface area contributed by atoms with Gasteiger partial charge in [0.05, 0.1) is 17.0 Å². The smallest absolute Gasteiger partial charge is 0.151 e. The number of hydrogen-bond donors (Lipinski definition) is 3. The van der Waals surface area contributed by atoms with E-state index in [2.05, 4.69) is 9.97 Å². The first kappa shape index (κ1) is 14.2. The monoisotopic (exact) mass is 273 g/mol. The largest absolute Gasteiger partial charge is 0.397 e. The van der Waals surface area contributed by atoms with Crippen molar-refractivity contribution < 1.29 is 5.11 Å². The molecule has 0 radical (unpaired) electrons. The number of aromatic nitrogens is 2. The summed E-state index contributed by atoms with van der Waals surface area (Å²) in [5, 5.41) is 11.5. The highest BCUT2D eigenvalue weighted by Gasteiger charge is 2.22. The summed E-state index contributed by atoms with van der Waals surface area (Å²) in [7, 11) is 0. The molecule has 1 aromatic heterocycles. The van der Waals surface area contributed by atoms with Crippen LogP contribution < -0.4 is 16.6 Å². The van der Waals surface area contributed by atoms with Gasteiger partial charge in [0, 0.05) is 17.8 Å². The maximum absolute atomic E-state index is 10.1. The summed E-state index contributed by atoms with van der Waals surface area (Å²) in [6, 6.07) is 7.05. The fraction of sp³-hybridized carbons (Fsp3) is 0.286. The van der Waals surface area contributed by atoms with E-state index in [0.29, 0.717) is 28.6 Å². The van der Waals surface area contributed by atoms with Crippen molar-refractivity contribution in [2.45, 2.75) is 26.4 Å². The summed E-state index contributed by atoms with van der Waals surface area (Å²) in [5.74, 6) is 7.24. The third kappa shape index (κ3) is 2.71. The number of nitrogens with two attached hydrogens (primary N) is 2. The van der Waals surface area contributed by atoms with Crippen molar-refractivity contribution in [1.29, 1.82) is 0 Å². The molecule has 6 nitrogen and oxygen atoms in total. The molecule has 2 aromatic rings. The predicted molar refractivity (Wildman–Crippen MR) is 79.2 cm³/mol. The zero-order valence-corrected chi connectivity index (χ0v) is 11.8. The van der Waals surface area contributed by atoms with Gasteiger partial charge in [0.2, 0.25) is 0 Å². The highest BCUT2D eigenvalue weighted by Crippen LogP contribution is 2.34. The summed E-state index contributed by atoms with van der Waals surface area (Å²) in [4.78, 5) is 8.28. The first-order valence-corrected chi connectivity index (χ1v) is 6.26. The van der Waals surface area contributed by atoms with E-state index < -0.39 is 5.60 Å². The Balaban J connectivity index is 2.48. The van der Waals surface area contributed by atoms with Gasteiger partial charge in [-0.1, -0.05) is 12.1 Å². The Bertz CT molecular complexity index is 621. The number of aliphatic hydroxyl groups is 1. The predicted octanol–water partition coefficient (Wildman–Crippen LogP) is 1.61. The van der Waals surface area contributed by atoms with E-state index in [1.54, 1.807) is 51.2 Å². The lowest BCUT2D eigenvalue weighted by molar-refractivity contribution is 0.0794. The minimum Gasteiger partial charge on any atom is -0.397 e. The number of aryl methyl sites for hydroxylation is 1. The second kappa shape index (κ2) is 5.07. The quantitative estimate of drug-likeness (QED) is 0.446. The standard InChI is InChI=1S/C14H19N5O/c1-9-17-8-7-12(18-9)19(16)11-6-4-5-10(13(11)15)14(2,3)20/h4-8,20H,15-16H2,1-3H3. The van der Waals surface area contributed by atoms with Crippen LogP contribution in [0.2, 0.25) is 0 Å². The number of benzene rings is 1. The Hall–Kier alpha value is -2.18. The number of hydrazine groups is 1. The third-order valence-electron chi connectivity index (χ3n) is 3.01. The van der Waals surface area contributed by atoms with E-state index in [4.69, 9.17) is 11.6 Å². The molecule has 0 spiro atoms. The van der Waals surface area contributed by atoms with Crippen molar-refractivity contribution in [2.24, 2.45) is 5.84 Å². The summed E-state index contributed by atoms with van der Waals surface area (Å²) in [5.41, 5.74) is 6.72. The van der Waals surface area contributed by atoms with E-state index in [0.717, 1.165) is 0 Å². The second-order valence-electron chi connectivity index (χ2n) is 5.13.